The maximum Gasteiger partial charge on any atom is 0.338 e. The molecule has 0 fully saturated rings. The van der Waals surface area contributed by atoms with Gasteiger partial charge in [-0.2, -0.15) is 0 Å². The van der Waals surface area contributed by atoms with Gasteiger partial charge in [0, 0.05) is 5.56 Å². The highest BCUT2D eigenvalue weighted by atomic mass is 16.6. The van der Waals surface area contributed by atoms with Gasteiger partial charge in [0.15, 0.2) is 11.5 Å². The van der Waals surface area contributed by atoms with Crippen LogP contribution in [-0.2, 0) is 20.8 Å². The lowest BCUT2D eigenvalue weighted by Crippen LogP contribution is -2.20. The molecule has 2 aromatic rings. The summed E-state index contributed by atoms with van der Waals surface area (Å²) in [6, 6.07) is 9.72. The molecule has 0 saturated carbocycles. The van der Waals surface area contributed by atoms with Crippen molar-refractivity contribution in [2.24, 2.45) is 0 Å². The number of fused-ring (bicyclic) bond motifs is 2. The van der Waals surface area contributed by atoms with Crippen LogP contribution in [-0.4, -0.2) is 39.0 Å². The summed E-state index contributed by atoms with van der Waals surface area (Å²) in [7, 11) is 0. The molecule has 4 rings (SSSR count). The van der Waals surface area contributed by atoms with Crippen molar-refractivity contribution in [3.8, 4) is 11.5 Å². The minimum Gasteiger partial charge on any atom is -0.487 e. The molecule has 0 spiro atoms. The van der Waals surface area contributed by atoms with Crippen LogP contribution in [0.3, 0.4) is 0 Å². The van der Waals surface area contributed by atoms with E-state index in [-0.39, 0.29) is 12.1 Å². The predicted octanol–water partition coefficient (Wildman–Crippen LogP) is 3.52. The average molecular weight is 384 g/mol. The standard InChI is InChI=1S/C22H24O6/c1-14-3-4-19-20(9-14)26-7-8-27-21(13-24-5-6-25-19)17-11-18-16(10-15(17)2)12-28-22(18)23/h3-4,9-11,21H,5-8,12-13H2,1-2H3. The second-order valence-electron chi connectivity index (χ2n) is 7.02. The van der Waals surface area contributed by atoms with Crippen LogP contribution in [0.1, 0.15) is 38.7 Å². The van der Waals surface area contributed by atoms with Crippen molar-refractivity contribution in [2.75, 3.05) is 33.0 Å². The molecule has 2 aromatic carbocycles. The van der Waals surface area contributed by atoms with E-state index in [4.69, 9.17) is 23.7 Å². The number of rotatable bonds is 1. The highest BCUT2D eigenvalue weighted by Crippen LogP contribution is 2.31. The fourth-order valence-electron chi connectivity index (χ4n) is 3.48. The quantitative estimate of drug-likeness (QED) is 0.701. The lowest BCUT2D eigenvalue weighted by atomic mass is 9.97. The SMILES string of the molecule is Cc1ccc2c(c1)OCCOC(c1cc3c(cc1C)COC3=O)COCCO2. The van der Waals surface area contributed by atoms with Crippen LogP contribution >= 0.6 is 0 Å². The minimum absolute atomic E-state index is 0.283. The zero-order chi connectivity index (χ0) is 19.5. The van der Waals surface area contributed by atoms with Crippen molar-refractivity contribution in [1.29, 1.82) is 0 Å². The molecule has 0 saturated heterocycles. The number of esters is 1. The Kier molecular flexibility index (Phi) is 5.50. The summed E-state index contributed by atoms with van der Waals surface area (Å²) in [5, 5.41) is 0. The predicted molar refractivity (Wildman–Crippen MR) is 102 cm³/mol. The number of cyclic esters (lactones) is 1. The van der Waals surface area contributed by atoms with Gasteiger partial charge in [-0.05, 0) is 48.7 Å². The van der Waals surface area contributed by atoms with Crippen LogP contribution in [0.4, 0.5) is 0 Å². The maximum atomic E-state index is 11.9. The van der Waals surface area contributed by atoms with E-state index in [0.717, 1.165) is 22.3 Å². The van der Waals surface area contributed by atoms with Gasteiger partial charge in [-0.15, -0.1) is 0 Å². The number of carbonyl (C=O) groups is 1. The lowest BCUT2D eigenvalue weighted by Gasteiger charge is -2.22. The summed E-state index contributed by atoms with van der Waals surface area (Å²) in [5.74, 6) is 1.13. The zero-order valence-corrected chi connectivity index (χ0v) is 16.2. The molecule has 0 bridgehead atoms. The normalized spacial score (nSPS) is 19.9. The first kappa shape index (κ1) is 18.8. The van der Waals surface area contributed by atoms with E-state index >= 15 is 0 Å². The van der Waals surface area contributed by atoms with Crippen LogP contribution in [0, 0.1) is 13.8 Å². The Balaban J connectivity index is 1.52. The molecule has 0 aliphatic carbocycles. The molecule has 28 heavy (non-hydrogen) atoms. The van der Waals surface area contributed by atoms with Crippen molar-refractivity contribution in [3.63, 3.8) is 0 Å². The molecule has 6 nitrogen and oxygen atoms in total. The van der Waals surface area contributed by atoms with Crippen LogP contribution < -0.4 is 9.47 Å². The van der Waals surface area contributed by atoms with Crippen molar-refractivity contribution >= 4 is 5.97 Å². The van der Waals surface area contributed by atoms with Gasteiger partial charge in [0.05, 0.1) is 25.4 Å². The van der Waals surface area contributed by atoms with Crippen LogP contribution in [0.2, 0.25) is 0 Å². The van der Waals surface area contributed by atoms with Crippen molar-refractivity contribution in [1.82, 2.24) is 0 Å². The number of ether oxygens (including phenoxy) is 5. The smallest absolute Gasteiger partial charge is 0.338 e. The van der Waals surface area contributed by atoms with E-state index in [9.17, 15) is 4.79 Å². The molecule has 1 unspecified atom stereocenters. The van der Waals surface area contributed by atoms with E-state index in [1.165, 1.54) is 0 Å². The third kappa shape index (κ3) is 3.98. The minimum atomic E-state index is -0.293. The van der Waals surface area contributed by atoms with Gasteiger partial charge in [0.25, 0.3) is 0 Å². The van der Waals surface area contributed by atoms with Gasteiger partial charge < -0.3 is 23.7 Å². The van der Waals surface area contributed by atoms with Crippen LogP contribution in [0.5, 0.6) is 11.5 Å². The molecule has 1 atom stereocenters. The van der Waals surface area contributed by atoms with Gasteiger partial charge in [-0.3, -0.25) is 0 Å². The fraction of sp³-hybridized carbons (Fsp3) is 0.409. The van der Waals surface area contributed by atoms with Gasteiger partial charge in [-0.1, -0.05) is 12.1 Å². The molecule has 148 valence electrons. The van der Waals surface area contributed by atoms with Crippen molar-refractivity contribution < 1.29 is 28.5 Å². The van der Waals surface area contributed by atoms with E-state index in [1.807, 2.05) is 44.2 Å². The van der Waals surface area contributed by atoms with Gasteiger partial charge in [-0.25, -0.2) is 4.79 Å². The first-order chi connectivity index (χ1) is 13.6. The molecular weight excluding hydrogens is 360 g/mol. The summed E-state index contributed by atoms with van der Waals surface area (Å²) >= 11 is 0. The Morgan fingerprint density at radius 1 is 0.893 bits per heavy atom. The topological polar surface area (TPSA) is 63.2 Å². The summed E-state index contributed by atoms with van der Waals surface area (Å²) in [4.78, 5) is 11.9. The van der Waals surface area contributed by atoms with E-state index in [1.54, 1.807) is 0 Å². The average Bonchev–Trinajstić information content (AvgIpc) is 3.02. The molecule has 0 aromatic heterocycles. The van der Waals surface area contributed by atoms with Gasteiger partial charge >= 0.3 is 5.97 Å². The first-order valence-corrected chi connectivity index (χ1v) is 9.48. The highest BCUT2D eigenvalue weighted by molar-refractivity contribution is 5.93. The first-order valence-electron chi connectivity index (χ1n) is 9.48. The number of carbonyl (C=O) groups excluding carboxylic acids is 1. The molecule has 0 amide bonds. The number of benzene rings is 2. The Bertz CT molecular complexity index is 876. The zero-order valence-electron chi connectivity index (χ0n) is 16.2. The fourth-order valence-corrected chi connectivity index (χ4v) is 3.48. The van der Waals surface area contributed by atoms with Gasteiger partial charge in [0.1, 0.15) is 25.9 Å². The lowest BCUT2D eigenvalue weighted by molar-refractivity contribution is -0.0347. The Morgan fingerprint density at radius 2 is 1.71 bits per heavy atom. The number of aryl methyl sites for hydroxylation is 2. The van der Waals surface area contributed by atoms with Crippen molar-refractivity contribution in [3.05, 3.63) is 58.1 Å². The monoisotopic (exact) mass is 384 g/mol. The molecular formula is C22H24O6. The van der Waals surface area contributed by atoms with E-state index in [0.29, 0.717) is 56.7 Å². The second-order valence-corrected chi connectivity index (χ2v) is 7.02. The Hall–Kier alpha value is -2.57. The maximum absolute atomic E-state index is 11.9. The summed E-state index contributed by atoms with van der Waals surface area (Å²) in [5.41, 5.74) is 4.62. The van der Waals surface area contributed by atoms with E-state index in [2.05, 4.69) is 0 Å². The molecule has 2 aliphatic heterocycles. The number of hydrogen-bond donors (Lipinski definition) is 0. The molecule has 6 heteroatoms. The summed E-state index contributed by atoms with van der Waals surface area (Å²) in [6.45, 7) is 6.36. The van der Waals surface area contributed by atoms with Gasteiger partial charge in [0.2, 0.25) is 0 Å². The van der Waals surface area contributed by atoms with Crippen LogP contribution in [0.25, 0.3) is 0 Å². The molecule has 2 heterocycles. The molecule has 0 radical (unpaired) electrons. The third-order valence-electron chi connectivity index (χ3n) is 4.93. The van der Waals surface area contributed by atoms with Crippen molar-refractivity contribution in [2.45, 2.75) is 26.6 Å². The summed E-state index contributed by atoms with van der Waals surface area (Å²) < 4.78 is 28.7. The van der Waals surface area contributed by atoms with Crippen LogP contribution in [0.15, 0.2) is 30.3 Å². The molecule has 0 N–H and O–H groups in total. The second kappa shape index (κ2) is 8.20. The summed E-state index contributed by atoms with van der Waals surface area (Å²) in [6.07, 6.45) is -0.293. The Morgan fingerprint density at radius 3 is 2.61 bits per heavy atom. The third-order valence-corrected chi connectivity index (χ3v) is 4.93. The highest BCUT2D eigenvalue weighted by Gasteiger charge is 2.25. The molecule has 2 aliphatic rings. The number of hydrogen-bond acceptors (Lipinski definition) is 6. The Labute approximate surface area is 164 Å². The largest absolute Gasteiger partial charge is 0.487 e. The van der Waals surface area contributed by atoms with E-state index < -0.39 is 0 Å².